The molecule has 2 saturated heterocycles. The number of rotatable bonds is 3. The van der Waals surface area contributed by atoms with Gasteiger partial charge in [-0.1, -0.05) is 0 Å². The highest BCUT2D eigenvalue weighted by molar-refractivity contribution is 5.98. The highest BCUT2D eigenvalue weighted by Crippen LogP contribution is 2.38. The molecule has 0 bridgehead atoms. The van der Waals surface area contributed by atoms with Crippen molar-refractivity contribution >= 4 is 17.5 Å². The molecular weight excluding hydrogens is 284 g/mol. The van der Waals surface area contributed by atoms with Crippen LogP contribution in [0.4, 0.5) is 5.69 Å². The normalized spacial score (nSPS) is 29.6. The minimum Gasteiger partial charge on any atom is -0.470 e. The Hall–Kier alpha value is -1.82. The molecule has 1 saturated carbocycles. The smallest absolute Gasteiger partial charge is 0.232 e. The van der Waals surface area contributed by atoms with Crippen molar-refractivity contribution in [3.63, 3.8) is 0 Å². The Morgan fingerprint density at radius 3 is 2.77 bits per heavy atom. The van der Waals surface area contributed by atoms with Gasteiger partial charge in [0.25, 0.3) is 0 Å². The van der Waals surface area contributed by atoms with Gasteiger partial charge < -0.3 is 19.3 Å². The third-order valence-corrected chi connectivity index (χ3v) is 5.38. The van der Waals surface area contributed by atoms with E-state index in [1.54, 1.807) is 28.4 Å². The molecule has 2 aliphatic heterocycles. The number of hydrogen-bond acceptors (Lipinski definition) is 4. The monoisotopic (exact) mass is 304 g/mol. The maximum atomic E-state index is 12.5. The minimum atomic E-state index is -0.790. The Bertz CT molecular complexity index is 593. The van der Waals surface area contributed by atoms with E-state index in [-0.39, 0.29) is 30.1 Å². The average molecular weight is 304 g/mol. The van der Waals surface area contributed by atoms with E-state index in [9.17, 15) is 14.7 Å². The second kappa shape index (κ2) is 4.84. The van der Waals surface area contributed by atoms with Gasteiger partial charge in [0.15, 0.2) is 0 Å². The molecule has 0 spiro atoms. The molecule has 118 valence electrons. The van der Waals surface area contributed by atoms with Crippen LogP contribution in [0.25, 0.3) is 0 Å². The van der Waals surface area contributed by atoms with Crippen LogP contribution < -0.4 is 4.90 Å². The highest BCUT2D eigenvalue weighted by atomic mass is 16.3. The first kappa shape index (κ1) is 13.8. The summed E-state index contributed by atoms with van der Waals surface area (Å²) in [5.41, 5.74) is 0.00259. The summed E-state index contributed by atoms with van der Waals surface area (Å²) >= 11 is 0. The van der Waals surface area contributed by atoms with E-state index in [2.05, 4.69) is 0 Å². The van der Waals surface area contributed by atoms with Crippen LogP contribution >= 0.6 is 0 Å². The molecule has 1 aromatic heterocycles. The summed E-state index contributed by atoms with van der Waals surface area (Å²) in [4.78, 5) is 28.3. The first-order valence-corrected chi connectivity index (χ1v) is 7.89. The van der Waals surface area contributed by atoms with Crippen LogP contribution in [0.1, 0.15) is 25.7 Å². The number of anilines is 1. The molecule has 0 unspecified atom stereocenters. The Kier molecular flexibility index (Phi) is 3.04. The van der Waals surface area contributed by atoms with Crippen molar-refractivity contribution in [1.82, 2.24) is 4.90 Å². The fourth-order valence-corrected chi connectivity index (χ4v) is 3.86. The van der Waals surface area contributed by atoms with Crippen molar-refractivity contribution in [2.24, 2.45) is 11.8 Å². The number of likely N-dealkylation sites (tertiary alicyclic amines) is 1. The third kappa shape index (κ3) is 2.13. The molecule has 1 aliphatic carbocycles. The molecular formula is C16H20N2O4. The van der Waals surface area contributed by atoms with E-state index in [1.165, 1.54) is 0 Å². The number of carbonyl (C=O) groups is 2. The van der Waals surface area contributed by atoms with Crippen molar-refractivity contribution < 1.29 is 19.1 Å². The fourth-order valence-electron chi connectivity index (χ4n) is 3.86. The third-order valence-electron chi connectivity index (χ3n) is 5.38. The summed E-state index contributed by atoms with van der Waals surface area (Å²) in [6.07, 6.45) is 5.76. The molecule has 2 atom stereocenters. The van der Waals surface area contributed by atoms with E-state index in [1.807, 2.05) is 0 Å². The lowest BCUT2D eigenvalue weighted by molar-refractivity contribution is -0.139. The van der Waals surface area contributed by atoms with Gasteiger partial charge in [-0.05, 0) is 19.3 Å². The Labute approximate surface area is 128 Å². The number of furan rings is 1. The van der Waals surface area contributed by atoms with Crippen molar-refractivity contribution in [1.29, 1.82) is 0 Å². The summed E-state index contributed by atoms with van der Waals surface area (Å²) in [5.74, 6) is 0.126. The molecule has 3 fully saturated rings. The summed E-state index contributed by atoms with van der Waals surface area (Å²) in [6, 6.07) is 1.79. The predicted molar refractivity (Wildman–Crippen MR) is 78.0 cm³/mol. The molecule has 4 rings (SSSR count). The van der Waals surface area contributed by atoms with Crippen molar-refractivity contribution in [2.45, 2.75) is 31.3 Å². The molecule has 1 aromatic rings. The van der Waals surface area contributed by atoms with Crippen LogP contribution in [0, 0.1) is 11.8 Å². The predicted octanol–water partition coefficient (Wildman–Crippen LogP) is 1.01. The van der Waals surface area contributed by atoms with Crippen LogP contribution in [0.3, 0.4) is 0 Å². The minimum absolute atomic E-state index is 0.0146. The topological polar surface area (TPSA) is 74.0 Å². The zero-order chi connectivity index (χ0) is 15.3. The van der Waals surface area contributed by atoms with Gasteiger partial charge >= 0.3 is 0 Å². The quantitative estimate of drug-likeness (QED) is 0.904. The van der Waals surface area contributed by atoms with Crippen LogP contribution in [-0.4, -0.2) is 47.1 Å². The van der Waals surface area contributed by atoms with E-state index in [0.717, 1.165) is 12.1 Å². The standard InChI is InChI=1S/C16H20N2O4/c19-14(6-16(21)3-1-4-16)17-7-11-8-18(12-2-5-22-10-12)15(20)13(11)9-17/h2,5,10-11,13,21H,1,3-4,6-9H2/t11-,13-/m0/s1. The van der Waals surface area contributed by atoms with Crippen LogP contribution in [0.5, 0.6) is 0 Å². The van der Waals surface area contributed by atoms with Gasteiger partial charge in [0, 0.05) is 31.6 Å². The average Bonchev–Trinajstić information content (AvgIpc) is 3.14. The number of amides is 2. The summed E-state index contributed by atoms with van der Waals surface area (Å²) < 4.78 is 5.04. The van der Waals surface area contributed by atoms with Gasteiger partial charge in [-0.2, -0.15) is 0 Å². The van der Waals surface area contributed by atoms with Crippen LogP contribution in [0.15, 0.2) is 23.0 Å². The second-order valence-corrected chi connectivity index (χ2v) is 6.85. The van der Waals surface area contributed by atoms with Crippen molar-refractivity contribution in [3.05, 3.63) is 18.6 Å². The van der Waals surface area contributed by atoms with Crippen LogP contribution in [-0.2, 0) is 9.59 Å². The van der Waals surface area contributed by atoms with Crippen molar-refractivity contribution in [3.8, 4) is 0 Å². The van der Waals surface area contributed by atoms with Gasteiger partial charge in [-0.15, -0.1) is 0 Å². The zero-order valence-electron chi connectivity index (χ0n) is 12.4. The van der Waals surface area contributed by atoms with E-state index < -0.39 is 5.60 Å². The number of aliphatic hydroxyl groups is 1. The fraction of sp³-hybridized carbons (Fsp3) is 0.625. The molecule has 2 amide bonds. The number of carbonyl (C=O) groups excluding carboxylic acids is 2. The van der Waals surface area contributed by atoms with E-state index >= 15 is 0 Å². The number of hydrogen-bond donors (Lipinski definition) is 1. The van der Waals surface area contributed by atoms with Gasteiger partial charge in [-0.3, -0.25) is 9.59 Å². The SMILES string of the molecule is O=C(CC1(O)CCC1)N1C[C@H]2CN(c3ccoc3)C(=O)[C@H]2C1. The maximum absolute atomic E-state index is 12.5. The summed E-state index contributed by atoms with van der Waals surface area (Å²) in [5, 5.41) is 10.1. The Morgan fingerprint density at radius 2 is 2.18 bits per heavy atom. The van der Waals surface area contributed by atoms with Crippen molar-refractivity contribution in [2.75, 3.05) is 24.5 Å². The molecule has 6 heteroatoms. The summed E-state index contributed by atoms with van der Waals surface area (Å²) in [7, 11) is 0. The number of fused-ring (bicyclic) bond motifs is 1. The molecule has 1 N–H and O–H groups in total. The molecule has 22 heavy (non-hydrogen) atoms. The highest BCUT2D eigenvalue weighted by Gasteiger charge is 2.49. The molecule has 6 nitrogen and oxygen atoms in total. The Morgan fingerprint density at radius 1 is 1.36 bits per heavy atom. The molecule has 0 radical (unpaired) electrons. The first-order chi connectivity index (χ1) is 10.6. The van der Waals surface area contributed by atoms with Gasteiger partial charge in [0.1, 0.15) is 6.26 Å². The lowest BCUT2D eigenvalue weighted by Gasteiger charge is -2.37. The van der Waals surface area contributed by atoms with Gasteiger partial charge in [0.05, 0.1) is 29.9 Å². The van der Waals surface area contributed by atoms with Gasteiger partial charge in [-0.25, -0.2) is 0 Å². The molecule has 0 aromatic carbocycles. The lowest BCUT2D eigenvalue weighted by atomic mass is 9.77. The largest absolute Gasteiger partial charge is 0.470 e. The second-order valence-electron chi connectivity index (χ2n) is 6.85. The lowest BCUT2D eigenvalue weighted by Crippen LogP contribution is -2.44. The van der Waals surface area contributed by atoms with E-state index in [0.29, 0.717) is 32.5 Å². The maximum Gasteiger partial charge on any atom is 0.232 e. The molecule has 3 heterocycles. The first-order valence-electron chi connectivity index (χ1n) is 7.89. The van der Waals surface area contributed by atoms with Gasteiger partial charge in [0.2, 0.25) is 11.8 Å². The summed E-state index contributed by atoms with van der Waals surface area (Å²) in [6.45, 7) is 1.73. The zero-order valence-corrected chi connectivity index (χ0v) is 12.4. The molecule has 3 aliphatic rings. The van der Waals surface area contributed by atoms with E-state index in [4.69, 9.17) is 4.42 Å². The van der Waals surface area contributed by atoms with Crippen LogP contribution in [0.2, 0.25) is 0 Å². The number of nitrogens with zero attached hydrogens (tertiary/aromatic N) is 2. The Balaban J connectivity index is 1.40.